The van der Waals surface area contributed by atoms with E-state index in [2.05, 4.69) is 9.47 Å². The van der Waals surface area contributed by atoms with Crippen molar-refractivity contribution in [1.82, 2.24) is 0 Å². The molecular formula is C15H10F3NO5. The van der Waals surface area contributed by atoms with Gasteiger partial charge in [-0.05, 0) is 29.3 Å². The lowest BCUT2D eigenvalue weighted by Crippen LogP contribution is -2.16. The molecule has 0 atom stereocenters. The molecule has 0 spiro atoms. The molecule has 126 valence electrons. The molecule has 0 heterocycles. The van der Waals surface area contributed by atoms with Crippen molar-refractivity contribution in [3.8, 4) is 16.9 Å². The lowest BCUT2D eigenvalue weighted by molar-refractivity contribution is -0.384. The van der Waals surface area contributed by atoms with E-state index in [4.69, 9.17) is 0 Å². The predicted octanol–water partition coefficient (Wildman–Crippen LogP) is 3.95. The Labute approximate surface area is 133 Å². The maximum atomic E-state index is 12.1. The maximum Gasteiger partial charge on any atom is 0.573 e. The normalized spacial score (nSPS) is 11.0. The molecule has 0 N–H and O–H groups in total. The number of halogens is 3. The van der Waals surface area contributed by atoms with Gasteiger partial charge in [0, 0.05) is 12.1 Å². The Balaban J connectivity index is 2.42. The molecule has 2 rings (SSSR count). The summed E-state index contributed by atoms with van der Waals surface area (Å²) in [4.78, 5) is 21.9. The Morgan fingerprint density at radius 3 is 2.21 bits per heavy atom. The second-order valence-electron chi connectivity index (χ2n) is 4.59. The summed E-state index contributed by atoms with van der Waals surface area (Å²) >= 11 is 0. The van der Waals surface area contributed by atoms with Gasteiger partial charge in [-0.1, -0.05) is 12.1 Å². The number of esters is 1. The van der Waals surface area contributed by atoms with Gasteiger partial charge in [-0.2, -0.15) is 0 Å². The third-order valence-electron chi connectivity index (χ3n) is 2.97. The van der Waals surface area contributed by atoms with Crippen molar-refractivity contribution in [2.75, 3.05) is 7.11 Å². The van der Waals surface area contributed by atoms with E-state index in [1.54, 1.807) is 0 Å². The molecule has 24 heavy (non-hydrogen) atoms. The lowest BCUT2D eigenvalue weighted by Gasteiger charge is -2.10. The number of nitrogens with zero attached hydrogens (tertiary/aromatic N) is 1. The fourth-order valence-corrected chi connectivity index (χ4v) is 1.97. The van der Waals surface area contributed by atoms with Crippen LogP contribution in [0, 0.1) is 10.1 Å². The van der Waals surface area contributed by atoms with Crippen LogP contribution in [0.5, 0.6) is 5.75 Å². The monoisotopic (exact) mass is 341 g/mol. The summed E-state index contributed by atoms with van der Waals surface area (Å²) in [7, 11) is 1.13. The molecular weight excluding hydrogens is 331 g/mol. The fourth-order valence-electron chi connectivity index (χ4n) is 1.97. The number of alkyl halides is 3. The zero-order valence-corrected chi connectivity index (χ0v) is 12.2. The number of carbonyl (C=O) groups excluding carboxylic acids is 1. The van der Waals surface area contributed by atoms with Crippen LogP contribution in [0.15, 0.2) is 42.5 Å². The number of rotatable bonds is 4. The van der Waals surface area contributed by atoms with Gasteiger partial charge in [0.2, 0.25) is 0 Å². The van der Waals surface area contributed by atoms with E-state index in [1.165, 1.54) is 24.3 Å². The molecule has 0 aromatic heterocycles. The van der Waals surface area contributed by atoms with E-state index in [9.17, 15) is 28.1 Å². The first-order chi connectivity index (χ1) is 11.2. The van der Waals surface area contributed by atoms with Gasteiger partial charge in [-0.25, -0.2) is 4.79 Å². The average molecular weight is 341 g/mol. The second-order valence-corrected chi connectivity index (χ2v) is 4.59. The largest absolute Gasteiger partial charge is 0.573 e. The van der Waals surface area contributed by atoms with E-state index < -0.39 is 23.0 Å². The van der Waals surface area contributed by atoms with E-state index in [0.29, 0.717) is 5.56 Å². The third kappa shape index (κ3) is 4.22. The van der Waals surface area contributed by atoms with E-state index in [0.717, 1.165) is 25.3 Å². The molecule has 9 heteroatoms. The Hall–Kier alpha value is -3.10. The number of hydrogen-bond donors (Lipinski definition) is 0. The highest BCUT2D eigenvalue weighted by Gasteiger charge is 2.31. The van der Waals surface area contributed by atoms with Gasteiger partial charge in [-0.15, -0.1) is 13.2 Å². The van der Waals surface area contributed by atoms with E-state index >= 15 is 0 Å². The van der Waals surface area contributed by atoms with Crippen molar-refractivity contribution in [3.05, 3.63) is 58.1 Å². The van der Waals surface area contributed by atoms with Crippen molar-refractivity contribution in [2.24, 2.45) is 0 Å². The molecule has 2 aromatic carbocycles. The zero-order valence-electron chi connectivity index (χ0n) is 12.2. The molecule has 0 fully saturated rings. The topological polar surface area (TPSA) is 78.7 Å². The van der Waals surface area contributed by atoms with Gasteiger partial charge in [0.1, 0.15) is 5.75 Å². The smallest absolute Gasteiger partial charge is 0.465 e. The van der Waals surface area contributed by atoms with Crippen molar-refractivity contribution < 1.29 is 32.4 Å². The number of methoxy groups -OCH3 is 1. The van der Waals surface area contributed by atoms with Crippen LogP contribution in [0.25, 0.3) is 11.1 Å². The number of nitro benzene ring substituents is 1. The van der Waals surface area contributed by atoms with Crippen molar-refractivity contribution in [1.29, 1.82) is 0 Å². The quantitative estimate of drug-likeness (QED) is 0.478. The number of carbonyl (C=O) groups is 1. The standard InChI is InChI=1S/C15H10F3NO5/c1-23-14(20)11-6-10(7-12(8-11)19(21)22)9-2-4-13(5-3-9)24-15(16,17)18/h2-8H,1H3. The minimum absolute atomic E-state index is 0.0441. The van der Waals surface area contributed by atoms with Crippen molar-refractivity contribution >= 4 is 11.7 Å². The van der Waals surface area contributed by atoms with Crippen LogP contribution in [-0.4, -0.2) is 24.4 Å². The minimum atomic E-state index is -4.81. The van der Waals surface area contributed by atoms with Crippen LogP contribution in [0.3, 0.4) is 0 Å². The van der Waals surface area contributed by atoms with Crippen LogP contribution < -0.4 is 4.74 Å². The zero-order chi connectivity index (χ0) is 17.9. The first-order valence-corrected chi connectivity index (χ1v) is 6.43. The summed E-state index contributed by atoms with van der Waals surface area (Å²) in [6.45, 7) is 0. The van der Waals surface area contributed by atoms with Gasteiger partial charge in [0.15, 0.2) is 0 Å². The molecule has 0 saturated heterocycles. The van der Waals surface area contributed by atoms with E-state index in [-0.39, 0.29) is 16.8 Å². The van der Waals surface area contributed by atoms with E-state index in [1.807, 2.05) is 0 Å². The molecule has 0 saturated carbocycles. The van der Waals surface area contributed by atoms with Gasteiger partial charge in [-0.3, -0.25) is 10.1 Å². The molecule has 0 amide bonds. The summed E-state index contributed by atoms with van der Waals surface area (Å²) in [5.74, 6) is -1.19. The van der Waals surface area contributed by atoms with Crippen LogP contribution >= 0.6 is 0 Å². The minimum Gasteiger partial charge on any atom is -0.465 e. The fraction of sp³-hybridized carbons (Fsp3) is 0.133. The van der Waals surface area contributed by atoms with Gasteiger partial charge in [0.05, 0.1) is 17.6 Å². The highest BCUT2D eigenvalue weighted by atomic mass is 19.4. The first-order valence-electron chi connectivity index (χ1n) is 6.43. The summed E-state index contributed by atoms with van der Waals surface area (Å²) in [6, 6.07) is 8.32. The number of ether oxygens (including phenoxy) is 2. The van der Waals surface area contributed by atoms with Crippen molar-refractivity contribution in [3.63, 3.8) is 0 Å². The lowest BCUT2D eigenvalue weighted by atomic mass is 10.0. The molecule has 0 radical (unpaired) electrons. The number of nitro groups is 1. The SMILES string of the molecule is COC(=O)c1cc(-c2ccc(OC(F)(F)F)cc2)cc([N+](=O)[O-])c1. The highest BCUT2D eigenvalue weighted by Crippen LogP contribution is 2.29. The summed E-state index contributed by atoms with van der Waals surface area (Å²) in [6.07, 6.45) is -4.81. The number of non-ortho nitro benzene ring substituents is 1. The van der Waals surface area contributed by atoms with Gasteiger partial charge >= 0.3 is 12.3 Å². The number of benzene rings is 2. The second kappa shape index (κ2) is 6.57. The Bertz CT molecular complexity index is 772. The molecule has 6 nitrogen and oxygen atoms in total. The Morgan fingerprint density at radius 2 is 1.71 bits per heavy atom. The molecule has 0 bridgehead atoms. The van der Waals surface area contributed by atoms with Crippen LogP contribution in [0.2, 0.25) is 0 Å². The van der Waals surface area contributed by atoms with Crippen LogP contribution in [-0.2, 0) is 4.74 Å². The Kier molecular flexibility index (Phi) is 4.72. The van der Waals surface area contributed by atoms with Crippen LogP contribution in [0.4, 0.5) is 18.9 Å². The van der Waals surface area contributed by atoms with Crippen molar-refractivity contribution in [2.45, 2.75) is 6.36 Å². The Morgan fingerprint density at radius 1 is 1.08 bits per heavy atom. The highest BCUT2D eigenvalue weighted by molar-refractivity contribution is 5.92. The number of hydrogen-bond acceptors (Lipinski definition) is 5. The summed E-state index contributed by atoms with van der Waals surface area (Å²) in [5.41, 5.74) is 0.266. The third-order valence-corrected chi connectivity index (χ3v) is 2.97. The maximum absolute atomic E-state index is 12.1. The molecule has 0 aliphatic carbocycles. The first kappa shape index (κ1) is 17.3. The summed E-state index contributed by atoms with van der Waals surface area (Å²) in [5, 5.41) is 11.0. The molecule has 0 aliphatic heterocycles. The predicted molar refractivity (Wildman–Crippen MR) is 76.6 cm³/mol. The molecule has 2 aromatic rings. The molecule has 0 aliphatic rings. The van der Waals surface area contributed by atoms with Gasteiger partial charge in [0.25, 0.3) is 5.69 Å². The van der Waals surface area contributed by atoms with Gasteiger partial charge < -0.3 is 9.47 Å². The van der Waals surface area contributed by atoms with Crippen LogP contribution in [0.1, 0.15) is 10.4 Å². The average Bonchev–Trinajstić information content (AvgIpc) is 2.52. The molecule has 0 unspecified atom stereocenters. The summed E-state index contributed by atoms with van der Waals surface area (Å²) < 4.78 is 44.7.